The molecule has 1 aromatic heterocycles. The van der Waals surface area contributed by atoms with Crippen LogP contribution in [0.3, 0.4) is 0 Å². The molecule has 1 aliphatic heterocycles. The molecule has 1 amide bonds. The van der Waals surface area contributed by atoms with Gasteiger partial charge in [0.25, 0.3) is 5.91 Å². The Hall–Kier alpha value is -2.82. The van der Waals surface area contributed by atoms with E-state index in [1.807, 2.05) is 24.3 Å². The lowest BCUT2D eigenvalue weighted by Gasteiger charge is -2.18. The topological polar surface area (TPSA) is 82.2 Å². The van der Waals surface area contributed by atoms with Crippen molar-refractivity contribution in [3.8, 4) is 0 Å². The Bertz CT molecular complexity index is 890. The first kappa shape index (κ1) is 13.8. The van der Waals surface area contributed by atoms with Crippen LogP contribution in [0.5, 0.6) is 0 Å². The van der Waals surface area contributed by atoms with Crippen LogP contribution >= 0.6 is 0 Å². The number of aryl methyl sites for hydroxylation is 1. The van der Waals surface area contributed by atoms with E-state index in [0.29, 0.717) is 16.8 Å². The van der Waals surface area contributed by atoms with Crippen molar-refractivity contribution in [2.45, 2.75) is 26.2 Å². The number of allylic oxidation sites excluding steroid dienone is 1. The normalized spacial score (nSPS) is 19.3. The molecule has 3 N–H and O–H groups in total. The van der Waals surface area contributed by atoms with Gasteiger partial charge in [-0.2, -0.15) is 0 Å². The van der Waals surface area contributed by atoms with Gasteiger partial charge >= 0.3 is 5.97 Å². The standard InChI is InChI=1S/C18H16N2O3/c1-9-14(18(22)23)11-6-4-7-12(16(11)19-9)15-10-5-2-3-8-13(10)20-17(15)21/h2-3,5,8,19H,4,6-7H2,1H3,(H,20,21)(H,22,23). The zero-order valence-corrected chi connectivity index (χ0v) is 12.7. The van der Waals surface area contributed by atoms with Crippen LogP contribution < -0.4 is 5.32 Å². The second-order valence-electron chi connectivity index (χ2n) is 5.99. The highest BCUT2D eigenvalue weighted by atomic mass is 16.4. The van der Waals surface area contributed by atoms with E-state index in [9.17, 15) is 14.7 Å². The number of para-hydroxylation sites is 1. The summed E-state index contributed by atoms with van der Waals surface area (Å²) in [6, 6.07) is 7.61. The molecule has 2 heterocycles. The quantitative estimate of drug-likeness (QED) is 0.707. The summed E-state index contributed by atoms with van der Waals surface area (Å²) in [5, 5.41) is 12.3. The lowest BCUT2D eigenvalue weighted by Crippen LogP contribution is -2.10. The minimum Gasteiger partial charge on any atom is -0.478 e. The number of anilines is 1. The second kappa shape index (κ2) is 4.84. The number of nitrogens with one attached hydrogen (secondary N) is 2. The van der Waals surface area contributed by atoms with Crippen LogP contribution in [0.4, 0.5) is 5.69 Å². The Labute approximate surface area is 133 Å². The summed E-state index contributed by atoms with van der Waals surface area (Å²) >= 11 is 0. The van der Waals surface area contributed by atoms with Gasteiger partial charge in [0.2, 0.25) is 0 Å². The first-order chi connectivity index (χ1) is 11.1. The maximum Gasteiger partial charge on any atom is 0.337 e. The molecule has 116 valence electrons. The Kier molecular flexibility index (Phi) is 2.91. The van der Waals surface area contributed by atoms with Crippen molar-refractivity contribution in [3.63, 3.8) is 0 Å². The SMILES string of the molecule is Cc1[nH]c2c(c1C(=O)O)CCCC2=C1C(=O)Nc2ccccc21. The van der Waals surface area contributed by atoms with Crippen molar-refractivity contribution in [1.29, 1.82) is 0 Å². The molecule has 1 aromatic carbocycles. The first-order valence-electron chi connectivity index (χ1n) is 7.67. The monoisotopic (exact) mass is 308 g/mol. The second-order valence-corrected chi connectivity index (χ2v) is 5.99. The van der Waals surface area contributed by atoms with Crippen LogP contribution in [0, 0.1) is 6.92 Å². The number of carbonyl (C=O) groups excluding carboxylic acids is 1. The molecule has 0 radical (unpaired) electrons. The van der Waals surface area contributed by atoms with E-state index >= 15 is 0 Å². The average Bonchev–Trinajstić information content (AvgIpc) is 3.02. The Morgan fingerprint density at radius 2 is 2.00 bits per heavy atom. The minimum atomic E-state index is -0.914. The van der Waals surface area contributed by atoms with Crippen LogP contribution in [-0.2, 0) is 11.2 Å². The van der Waals surface area contributed by atoms with Crippen molar-refractivity contribution < 1.29 is 14.7 Å². The van der Waals surface area contributed by atoms with Crippen molar-refractivity contribution in [3.05, 3.63) is 52.3 Å². The summed E-state index contributed by atoms with van der Waals surface area (Å²) in [4.78, 5) is 27.2. The molecule has 0 unspecified atom stereocenters. The molecule has 5 heteroatoms. The van der Waals surface area contributed by atoms with Gasteiger partial charge in [0, 0.05) is 22.6 Å². The van der Waals surface area contributed by atoms with Gasteiger partial charge < -0.3 is 15.4 Å². The number of hydrogen-bond donors (Lipinski definition) is 3. The summed E-state index contributed by atoms with van der Waals surface area (Å²) in [5.41, 5.74) is 5.93. The molecule has 2 aromatic rings. The lowest BCUT2D eigenvalue weighted by molar-refractivity contribution is -0.110. The van der Waals surface area contributed by atoms with Gasteiger partial charge in [-0.1, -0.05) is 18.2 Å². The van der Waals surface area contributed by atoms with Gasteiger partial charge in [0.15, 0.2) is 0 Å². The molecule has 0 atom stereocenters. The Balaban J connectivity index is 1.99. The molecule has 0 saturated heterocycles. The highest BCUT2D eigenvalue weighted by molar-refractivity contribution is 6.36. The maximum absolute atomic E-state index is 12.5. The van der Waals surface area contributed by atoms with Crippen molar-refractivity contribution in [2.75, 3.05) is 5.32 Å². The number of aromatic nitrogens is 1. The number of carboxylic acid groups (broad SMARTS) is 1. The zero-order valence-electron chi connectivity index (χ0n) is 12.7. The summed E-state index contributed by atoms with van der Waals surface area (Å²) < 4.78 is 0. The third-order valence-corrected chi connectivity index (χ3v) is 4.63. The van der Waals surface area contributed by atoms with Crippen LogP contribution in [0.25, 0.3) is 11.1 Å². The molecule has 2 aliphatic rings. The number of aromatic amines is 1. The molecule has 4 rings (SSSR count). The smallest absolute Gasteiger partial charge is 0.337 e. The largest absolute Gasteiger partial charge is 0.478 e. The number of carboxylic acids is 1. The summed E-state index contributed by atoms with van der Waals surface area (Å²) in [7, 11) is 0. The highest BCUT2D eigenvalue weighted by Crippen LogP contribution is 2.42. The average molecular weight is 308 g/mol. The van der Waals surface area contributed by atoms with E-state index in [-0.39, 0.29) is 5.91 Å². The molecule has 0 bridgehead atoms. The molecular formula is C18H16N2O3. The molecule has 1 aliphatic carbocycles. The van der Waals surface area contributed by atoms with Crippen molar-refractivity contribution >= 4 is 28.7 Å². The van der Waals surface area contributed by atoms with E-state index < -0.39 is 5.97 Å². The molecule has 5 nitrogen and oxygen atoms in total. The molecule has 23 heavy (non-hydrogen) atoms. The number of amides is 1. The molecule has 0 fully saturated rings. The van der Waals surface area contributed by atoms with Gasteiger partial charge in [-0.25, -0.2) is 4.79 Å². The number of hydrogen-bond acceptors (Lipinski definition) is 2. The maximum atomic E-state index is 12.5. The van der Waals surface area contributed by atoms with Gasteiger partial charge in [-0.3, -0.25) is 4.79 Å². The predicted octanol–water partition coefficient (Wildman–Crippen LogP) is 3.22. The molecular weight excluding hydrogens is 292 g/mol. The zero-order chi connectivity index (χ0) is 16.1. The van der Waals surface area contributed by atoms with E-state index in [4.69, 9.17) is 0 Å². The first-order valence-corrected chi connectivity index (χ1v) is 7.67. The number of aromatic carboxylic acids is 1. The van der Waals surface area contributed by atoms with Crippen molar-refractivity contribution in [2.24, 2.45) is 0 Å². The fraction of sp³-hybridized carbons (Fsp3) is 0.222. The fourth-order valence-corrected chi connectivity index (χ4v) is 3.71. The van der Waals surface area contributed by atoms with Crippen LogP contribution in [0.15, 0.2) is 24.3 Å². The molecule has 0 saturated carbocycles. The predicted molar refractivity (Wildman–Crippen MR) is 87.3 cm³/mol. The van der Waals surface area contributed by atoms with E-state index in [1.165, 1.54) is 0 Å². The van der Waals surface area contributed by atoms with E-state index in [0.717, 1.165) is 47.3 Å². The Morgan fingerprint density at radius 3 is 2.78 bits per heavy atom. The van der Waals surface area contributed by atoms with Gasteiger partial charge in [0.05, 0.1) is 11.1 Å². The van der Waals surface area contributed by atoms with Crippen molar-refractivity contribution in [1.82, 2.24) is 4.98 Å². The summed E-state index contributed by atoms with van der Waals surface area (Å²) in [6.07, 6.45) is 2.34. The van der Waals surface area contributed by atoms with Gasteiger partial charge in [-0.15, -0.1) is 0 Å². The number of fused-ring (bicyclic) bond motifs is 2. The van der Waals surface area contributed by atoms with Crippen LogP contribution in [0.1, 0.15) is 45.7 Å². The van der Waals surface area contributed by atoms with Gasteiger partial charge in [-0.05, 0) is 43.4 Å². The molecule has 0 spiro atoms. The third kappa shape index (κ3) is 1.93. The lowest BCUT2D eigenvalue weighted by atomic mass is 9.86. The number of H-pyrrole nitrogens is 1. The Morgan fingerprint density at radius 1 is 1.22 bits per heavy atom. The summed E-state index contributed by atoms with van der Waals surface area (Å²) in [5.74, 6) is -1.03. The number of rotatable bonds is 1. The third-order valence-electron chi connectivity index (χ3n) is 4.63. The fourth-order valence-electron chi connectivity index (χ4n) is 3.71. The van der Waals surface area contributed by atoms with E-state index in [1.54, 1.807) is 6.92 Å². The highest BCUT2D eigenvalue weighted by Gasteiger charge is 2.32. The van der Waals surface area contributed by atoms with Gasteiger partial charge in [0.1, 0.15) is 0 Å². The summed E-state index contributed by atoms with van der Waals surface area (Å²) in [6.45, 7) is 1.77. The number of benzene rings is 1. The van der Waals surface area contributed by atoms with E-state index in [2.05, 4.69) is 10.3 Å². The van der Waals surface area contributed by atoms with Crippen LogP contribution in [0.2, 0.25) is 0 Å². The van der Waals surface area contributed by atoms with Crippen LogP contribution in [-0.4, -0.2) is 22.0 Å². The number of carbonyl (C=O) groups is 2. The minimum absolute atomic E-state index is 0.113.